The van der Waals surface area contributed by atoms with Gasteiger partial charge in [0, 0.05) is 37.5 Å². The molecule has 0 spiro atoms. The Kier molecular flexibility index (Phi) is 9.03. The summed E-state index contributed by atoms with van der Waals surface area (Å²) in [5.41, 5.74) is 0.999. The molecule has 0 N–H and O–H groups in total. The molecule has 3 fully saturated rings. The fraction of sp³-hybridized carbons (Fsp3) is 0.519. The summed E-state index contributed by atoms with van der Waals surface area (Å²) in [4.78, 5) is 31.8. The van der Waals surface area contributed by atoms with Gasteiger partial charge in [-0.15, -0.1) is 11.8 Å². The molecule has 1 aromatic carbocycles. The van der Waals surface area contributed by atoms with Crippen molar-refractivity contribution in [2.75, 3.05) is 18.9 Å². The van der Waals surface area contributed by atoms with Crippen molar-refractivity contribution in [3.8, 4) is 11.5 Å². The van der Waals surface area contributed by atoms with Gasteiger partial charge in [-0.2, -0.15) is 8.78 Å². The molecule has 12 heteroatoms. The molecular weight excluding hydrogens is 573 g/mol. The van der Waals surface area contributed by atoms with Gasteiger partial charge < -0.3 is 19.1 Å². The van der Waals surface area contributed by atoms with E-state index in [0.29, 0.717) is 58.3 Å². The van der Waals surface area contributed by atoms with Gasteiger partial charge in [-0.25, -0.2) is 4.79 Å². The highest BCUT2D eigenvalue weighted by Gasteiger charge is 2.39. The summed E-state index contributed by atoms with van der Waals surface area (Å²) in [5.74, 6) is 0.793. The first-order valence-corrected chi connectivity index (χ1v) is 14.7. The van der Waals surface area contributed by atoms with E-state index in [4.69, 9.17) is 32.7 Å². The maximum Gasteiger partial charge on any atom is 0.387 e. The highest BCUT2D eigenvalue weighted by Crippen LogP contribution is 2.39. The van der Waals surface area contributed by atoms with E-state index in [1.807, 2.05) is 0 Å². The number of halogens is 4. The van der Waals surface area contributed by atoms with Gasteiger partial charge in [-0.1, -0.05) is 29.3 Å². The molecule has 2 saturated carbocycles. The van der Waals surface area contributed by atoms with Crippen LogP contribution in [0.3, 0.4) is 0 Å². The number of benzene rings is 1. The maximum absolute atomic E-state index is 13.5. The number of carbonyl (C=O) groups is 2. The third-order valence-electron chi connectivity index (χ3n) is 6.90. The molecule has 2 heterocycles. The lowest BCUT2D eigenvalue weighted by Crippen LogP contribution is -2.41. The second-order valence-electron chi connectivity index (χ2n) is 10.0. The Bertz CT molecular complexity index is 1190. The first-order valence-electron chi connectivity index (χ1n) is 12.9. The molecule has 2 aromatic rings. The van der Waals surface area contributed by atoms with E-state index in [1.165, 1.54) is 30.2 Å². The first kappa shape index (κ1) is 28.2. The minimum absolute atomic E-state index is 0.0505. The van der Waals surface area contributed by atoms with Crippen LogP contribution in [-0.2, 0) is 20.7 Å². The molecule has 2 unspecified atom stereocenters. The zero-order valence-electron chi connectivity index (χ0n) is 21.0. The number of amides is 1. The van der Waals surface area contributed by atoms with Crippen LogP contribution in [0, 0.1) is 11.8 Å². The summed E-state index contributed by atoms with van der Waals surface area (Å²) >= 11 is 14.1. The van der Waals surface area contributed by atoms with Crippen molar-refractivity contribution in [3.63, 3.8) is 0 Å². The Hall–Kier alpha value is -2.30. The van der Waals surface area contributed by atoms with Gasteiger partial charge in [0.1, 0.15) is 6.10 Å². The highest BCUT2D eigenvalue weighted by molar-refractivity contribution is 8.00. The minimum atomic E-state index is -3.03. The number of esters is 1. The van der Waals surface area contributed by atoms with Crippen LogP contribution in [0.15, 0.2) is 30.6 Å². The van der Waals surface area contributed by atoms with Gasteiger partial charge in [0.2, 0.25) is 5.91 Å². The molecule has 2 atom stereocenters. The second kappa shape index (κ2) is 12.5. The van der Waals surface area contributed by atoms with Gasteiger partial charge in [0.25, 0.3) is 0 Å². The summed E-state index contributed by atoms with van der Waals surface area (Å²) in [6.07, 6.45) is 6.60. The first-order chi connectivity index (χ1) is 18.8. The number of ether oxygens (including phenoxy) is 3. The van der Waals surface area contributed by atoms with E-state index in [-0.39, 0.29) is 23.8 Å². The van der Waals surface area contributed by atoms with Crippen LogP contribution in [0.25, 0.3) is 0 Å². The van der Waals surface area contributed by atoms with Gasteiger partial charge in [-0.05, 0) is 60.8 Å². The standard InChI is InChI=1S/C27H28Cl2F2N2O5S/c28-19-12-32-13-20(29)18(19)11-22(37-26(35)25-33(7-8-39-25)24(34)9-15-1-2-15)17-5-6-21(38-27(30)31)23(10-17)36-14-16-3-4-16/h5-6,10,12-13,15-16,22,25,27H,1-4,7-9,11,14H2. The molecule has 0 radical (unpaired) electrons. The molecule has 7 nitrogen and oxygen atoms in total. The second-order valence-corrected chi connectivity index (χ2v) is 12.0. The lowest BCUT2D eigenvalue weighted by molar-refractivity contribution is -0.155. The number of aromatic nitrogens is 1. The summed E-state index contributed by atoms with van der Waals surface area (Å²) in [6, 6.07) is 4.45. The molecule has 0 bridgehead atoms. The number of alkyl halides is 2. The average Bonchev–Trinajstić information content (AvgIpc) is 3.83. The quantitative estimate of drug-likeness (QED) is 0.264. The van der Waals surface area contributed by atoms with Crippen molar-refractivity contribution in [1.82, 2.24) is 9.88 Å². The Labute approximate surface area is 239 Å². The number of nitrogens with zero attached hydrogens (tertiary/aromatic N) is 2. The topological polar surface area (TPSA) is 78.0 Å². The van der Waals surface area contributed by atoms with E-state index in [2.05, 4.69) is 9.72 Å². The van der Waals surface area contributed by atoms with Crippen LogP contribution < -0.4 is 9.47 Å². The summed E-state index contributed by atoms with van der Waals surface area (Å²) < 4.78 is 42.6. The summed E-state index contributed by atoms with van der Waals surface area (Å²) in [7, 11) is 0. The minimum Gasteiger partial charge on any atom is -0.489 e. The molecule has 1 aromatic heterocycles. The zero-order valence-corrected chi connectivity index (χ0v) is 23.3. The molecule has 1 saturated heterocycles. The molecule has 3 aliphatic rings. The van der Waals surface area contributed by atoms with Crippen molar-refractivity contribution < 1.29 is 32.6 Å². The van der Waals surface area contributed by atoms with Crippen LogP contribution in [0.4, 0.5) is 8.78 Å². The molecular formula is C27H28Cl2F2N2O5S. The van der Waals surface area contributed by atoms with Crippen LogP contribution in [0.2, 0.25) is 10.0 Å². The number of hydrogen-bond acceptors (Lipinski definition) is 7. The molecule has 2 aliphatic carbocycles. The summed E-state index contributed by atoms with van der Waals surface area (Å²) in [5, 5.41) is -0.181. The monoisotopic (exact) mass is 600 g/mol. The van der Waals surface area contributed by atoms with Crippen LogP contribution >= 0.6 is 35.0 Å². The van der Waals surface area contributed by atoms with Crippen molar-refractivity contribution in [2.45, 2.75) is 56.6 Å². The smallest absolute Gasteiger partial charge is 0.387 e. The van der Waals surface area contributed by atoms with E-state index >= 15 is 0 Å². The van der Waals surface area contributed by atoms with Crippen LogP contribution in [0.1, 0.15) is 49.3 Å². The fourth-order valence-electron chi connectivity index (χ4n) is 4.37. The average molecular weight is 601 g/mol. The van der Waals surface area contributed by atoms with E-state index < -0.39 is 24.1 Å². The van der Waals surface area contributed by atoms with Crippen LogP contribution in [0.5, 0.6) is 11.5 Å². The number of carbonyl (C=O) groups excluding carboxylic acids is 2. The van der Waals surface area contributed by atoms with Gasteiger partial charge in [0.05, 0.1) is 16.7 Å². The van der Waals surface area contributed by atoms with Crippen molar-refractivity contribution in [3.05, 3.63) is 51.8 Å². The van der Waals surface area contributed by atoms with Gasteiger partial charge in [-0.3, -0.25) is 9.78 Å². The highest BCUT2D eigenvalue weighted by atomic mass is 35.5. The Morgan fingerprint density at radius 3 is 2.46 bits per heavy atom. The number of hydrogen-bond donors (Lipinski definition) is 0. The number of pyridine rings is 1. The fourth-order valence-corrected chi connectivity index (χ4v) is 6.01. The van der Waals surface area contributed by atoms with E-state index in [0.717, 1.165) is 25.7 Å². The largest absolute Gasteiger partial charge is 0.489 e. The van der Waals surface area contributed by atoms with E-state index in [9.17, 15) is 18.4 Å². The Morgan fingerprint density at radius 1 is 1.08 bits per heavy atom. The van der Waals surface area contributed by atoms with Gasteiger partial charge >= 0.3 is 12.6 Å². The molecule has 1 aliphatic heterocycles. The molecule has 5 rings (SSSR count). The molecule has 39 heavy (non-hydrogen) atoms. The van der Waals surface area contributed by atoms with Crippen molar-refractivity contribution >= 4 is 46.8 Å². The van der Waals surface area contributed by atoms with E-state index in [1.54, 1.807) is 17.0 Å². The predicted octanol–water partition coefficient (Wildman–Crippen LogP) is 6.31. The Morgan fingerprint density at radius 2 is 1.79 bits per heavy atom. The third kappa shape index (κ3) is 7.46. The number of rotatable bonds is 12. The third-order valence-corrected chi connectivity index (χ3v) is 8.73. The lowest BCUT2D eigenvalue weighted by atomic mass is 10.0. The number of thioether (sulfide) groups is 1. The van der Waals surface area contributed by atoms with Crippen LogP contribution in [-0.4, -0.2) is 52.7 Å². The maximum atomic E-state index is 13.5. The zero-order chi connectivity index (χ0) is 27.5. The SMILES string of the molecule is O=C(OC(Cc1c(Cl)cncc1Cl)c1ccc(OC(F)F)c(OCC2CC2)c1)C1SCCN1C(=O)CC1CC1. The van der Waals surface area contributed by atoms with Crippen molar-refractivity contribution in [1.29, 1.82) is 0 Å². The van der Waals surface area contributed by atoms with Crippen molar-refractivity contribution in [2.24, 2.45) is 11.8 Å². The normalized spacial score (nSPS) is 19.7. The predicted molar refractivity (Wildman–Crippen MR) is 143 cm³/mol. The molecule has 1 amide bonds. The molecule has 210 valence electrons. The lowest BCUT2D eigenvalue weighted by Gasteiger charge is -2.26. The van der Waals surface area contributed by atoms with Gasteiger partial charge in [0.15, 0.2) is 16.9 Å². The summed E-state index contributed by atoms with van der Waals surface area (Å²) in [6.45, 7) is -2.19. The Balaban J connectivity index is 1.41.